The van der Waals surface area contributed by atoms with Gasteiger partial charge < -0.3 is 15.3 Å². The number of hydrogen-bond donors (Lipinski definition) is 2. The van der Waals surface area contributed by atoms with Crippen molar-refractivity contribution in [2.75, 3.05) is 18.8 Å². The zero-order valence-electron chi connectivity index (χ0n) is 19.0. The molecule has 3 atom stereocenters. The lowest BCUT2D eigenvalue weighted by Crippen LogP contribution is -2.71. The molecule has 1 aliphatic carbocycles. The van der Waals surface area contributed by atoms with Gasteiger partial charge in [-0.2, -0.15) is 0 Å². The predicted molar refractivity (Wildman–Crippen MR) is 129 cm³/mol. The lowest BCUT2D eigenvalue weighted by molar-refractivity contribution is -0.150. The predicted octanol–water partition coefficient (Wildman–Crippen LogP) is 1.26. The van der Waals surface area contributed by atoms with Crippen molar-refractivity contribution in [1.82, 2.24) is 25.1 Å². The van der Waals surface area contributed by atoms with Crippen molar-refractivity contribution in [2.45, 2.75) is 48.0 Å². The van der Waals surface area contributed by atoms with Gasteiger partial charge in [0.25, 0.3) is 5.91 Å². The summed E-state index contributed by atoms with van der Waals surface area (Å²) in [5.74, 6) is -1.15. The van der Waals surface area contributed by atoms with E-state index < -0.39 is 28.5 Å². The second kappa shape index (κ2) is 9.65. The molecule has 0 aromatic carbocycles. The third-order valence-corrected chi connectivity index (χ3v) is 8.72. The van der Waals surface area contributed by atoms with Gasteiger partial charge in [-0.3, -0.25) is 19.3 Å². The van der Waals surface area contributed by atoms with Crippen LogP contribution in [0.4, 0.5) is 0 Å². The van der Waals surface area contributed by atoms with E-state index in [9.17, 15) is 24.3 Å². The summed E-state index contributed by atoms with van der Waals surface area (Å²) in [7, 11) is 0. The molecule has 3 amide bonds. The minimum absolute atomic E-state index is 0.0461. The maximum atomic E-state index is 12.9. The number of carboxylic acid groups (broad SMARTS) is 1. The van der Waals surface area contributed by atoms with Gasteiger partial charge in [-0.05, 0) is 49.8 Å². The number of carbonyl (C=O) groups excluding carboxylic acids is 3. The number of carbonyl (C=O) groups is 4. The number of fused-ring (bicyclic) bond motifs is 1. The van der Waals surface area contributed by atoms with Crippen molar-refractivity contribution < 1.29 is 24.3 Å². The average molecular weight is 516 g/mol. The maximum Gasteiger partial charge on any atom is 0.352 e. The Morgan fingerprint density at radius 3 is 2.74 bits per heavy atom. The SMILES string of the molecule is CC(Sc1ncccn1)C(=O)NC1C(=O)N2C(C(=O)O)=C(/C=C3\CCN(CC4CC4)C3=O)CSC12. The molecule has 1 aromatic rings. The molecule has 4 heterocycles. The fourth-order valence-corrected chi connectivity index (χ4v) is 6.42. The number of hydrogen-bond acceptors (Lipinski definition) is 8. The van der Waals surface area contributed by atoms with Crippen molar-refractivity contribution >= 4 is 47.2 Å². The van der Waals surface area contributed by atoms with E-state index in [0.29, 0.717) is 40.9 Å². The Labute approximate surface area is 210 Å². The van der Waals surface area contributed by atoms with Crippen molar-refractivity contribution in [3.8, 4) is 0 Å². The third-order valence-electron chi connectivity index (χ3n) is 6.43. The van der Waals surface area contributed by atoms with Gasteiger partial charge in [0.1, 0.15) is 17.1 Å². The quantitative estimate of drug-likeness (QED) is 0.227. The van der Waals surface area contributed by atoms with Gasteiger partial charge in [0.15, 0.2) is 5.16 Å². The monoisotopic (exact) mass is 515 g/mol. The van der Waals surface area contributed by atoms with Crippen molar-refractivity contribution in [2.24, 2.45) is 5.92 Å². The molecular formula is C23H25N5O5S2. The number of nitrogens with zero attached hydrogens (tertiary/aromatic N) is 4. The highest BCUT2D eigenvalue weighted by Gasteiger charge is 2.54. The molecule has 1 saturated carbocycles. The molecule has 3 fully saturated rings. The summed E-state index contributed by atoms with van der Waals surface area (Å²) in [5.41, 5.74) is 0.939. The summed E-state index contributed by atoms with van der Waals surface area (Å²) >= 11 is 2.56. The zero-order valence-corrected chi connectivity index (χ0v) is 20.7. The van der Waals surface area contributed by atoms with Gasteiger partial charge in [0.05, 0.1) is 5.25 Å². The van der Waals surface area contributed by atoms with Gasteiger partial charge in [0.2, 0.25) is 11.8 Å². The minimum Gasteiger partial charge on any atom is -0.477 e. The number of allylic oxidation sites excluding steroid dienone is 1. The number of nitrogens with one attached hydrogen (secondary N) is 1. The largest absolute Gasteiger partial charge is 0.477 e. The lowest BCUT2D eigenvalue weighted by atomic mass is 10.0. The molecule has 5 rings (SSSR count). The summed E-state index contributed by atoms with van der Waals surface area (Å²) in [6.45, 7) is 3.10. The van der Waals surface area contributed by atoms with Gasteiger partial charge in [-0.25, -0.2) is 14.8 Å². The van der Waals surface area contributed by atoms with Crippen LogP contribution < -0.4 is 5.32 Å². The minimum atomic E-state index is -1.22. The van der Waals surface area contributed by atoms with Crippen molar-refractivity contribution in [3.63, 3.8) is 0 Å². The first-order valence-electron chi connectivity index (χ1n) is 11.5. The van der Waals surface area contributed by atoms with Crippen LogP contribution in [0.5, 0.6) is 0 Å². The Balaban J connectivity index is 1.27. The lowest BCUT2D eigenvalue weighted by Gasteiger charge is -2.49. The van der Waals surface area contributed by atoms with Crippen molar-refractivity contribution in [1.29, 1.82) is 0 Å². The molecule has 0 bridgehead atoms. The van der Waals surface area contributed by atoms with Crippen LogP contribution in [-0.4, -0.2) is 84.1 Å². The molecule has 2 saturated heterocycles. The Hall–Kier alpha value is -2.86. The summed E-state index contributed by atoms with van der Waals surface area (Å²) in [5, 5.41) is 12.1. The van der Waals surface area contributed by atoms with Crippen LogP contribution >= 0.6 is 23.5 Å². The second-order valence-electron chi connectivity index (χ2n) is 8.98. The van der Waals surface area contributed by atoms with Crippen LogP contribution in [0.2, 0.25) is 0 Å². The van der Waals surface area contributed by atoms with Gasteiger partial charge >= 0.3 is 5.97 Å². The van der Waals surface area contributed by atoms with Crippen LogP contribution in [0.3, 0.4) is 0 Å². The first-order valence-corrected chi connectivity index (χ1v) is 13.4. The number of amides is 3. The van der Waals surface area contributed by atoms with Crippen LogP contribution in [0.25, 0.3) is 0 Å². The van der Waals surface area contributed by atoms with E-state index in [-0.39, 0.29) is 17.5 Å². The number of likely N-dealkylation sites (tertiary alicyclic amines) is 1. The molecule has 35 heavy (non-hydrogen) atoms. The number of aliphatic carboxylic acids is 1. The van der Waals surface area contributed by atoms with E-state index in [1.54, 1.807) is 31.5 Å². The Kier molecular flexibility index (Phi) is 6.58. The summed E-state index contributed by atoms with van der Waals surface area (Å²) in [4.78, 5) is 61.7. The standard InChI is InChI=1S/C23H25N5O5S2/c1-12(35-23-24-6-2-7-25-23)18(29)26-16-20(31)28-17(22(32)33)15(11-34-21(16)28)9-14-5-8-27(19(14)30)10-13-3-4-13/h2,6-7,9,12-13,16,21H,3-5,8,10-11H2,1H3,(H,26,29)(H,32,33)/b14-9+. The second-order valence-corrected chi connectivity index (χ2v) is 11.4. The molecule has 3 aliphatic heterocycles. The van der Waals surface area contributed by atoms with E-state index in [2.05, 4.69) is 15.3 Å². The van der Waals surface area contributed by atoms with E-state index in [4.69, 9.17) is 0 Å². The molecular weight excluding hydrogens is 490 g/mol. The molecule has 1 aromatic heterocycles. The Morgan fingerprint density at radius 1 is 1.31 bits per heavy atom. The highest BCUT2D eigenvalue weighted by molar-refractivity contribution is 8.00. The van der Waals surface area contributed by atoms with Crippen molar-refractivity contribution in [3.05, 3.63) is 41.4 Å². The zero-order chi connectivity index (χ0) is 24.7. The number of aromatic nitrogens is 2. The highest BCUT2D eigenvalue weighted by atomic mass is 32.2. The van der Waals surface area contributed by atoms with Crippen LogP contribution in [0.1, 0.15) is 26.2 Å². The van der Waals surface area contributed by atoms with Gasteiger partial charge in [0, 0.05) is 36.8 Å². The van der Waals surface area contributed by atoms with Crippen LogP contribution in [0, 0.1) is 5.92 Å². The normalized spacial score (nSPS) is 26.0. The molecule has 0 spiro atoms. The fraction of sp³-hybridized carbons (Fsp3) is 0.478. The van der Waals surface area contributed by atoms with Gasteiger partial charge in [-0.1, -0.05) is 11.8 Å². The van der Waals surface area contributed by atoms with E-state index in [0.717, 1.165) is 19.4 Å². The Bertz CT molecular complexity index is 1140. The fourth-order valence-electron chi connectivity index (χ4n) is 4.38. The molecule has 4 aliphatic rings. The number of carboxylic acids is 1. The Morgan fingerprint density at radius 2 is 2.06 bits per heavy atom. The summed E-state index contributed by atoms with van der Waals surface area (Å²) in [6, 6.07) is 0.874. The maximum absolute atomic E-state index is 12.9. The topological polar surface area (TPSA) is 133 Å². The summed E-state index contributed by atoms with van der Waals surface area (Å²) in [6.07, 6.45) is 7.71. The number of β-lactam (4-membered cyclic amide) rings is 1. The number of rotatable bonds is 8. The number of thioether (sulfide) groups is 2. The first-order chi connectivity index (χ1) is 16.8. The third kappa shape index (κ3) is 4.81. The van der Waals surface area contributed by atoms with Gasteiger partial charge in [-0.15, -0.1) is 11.8 Å². The molecule has 10 nitrogen and oxygen atoms in total. The van der Waals surface area contributed by atoms with Crippen LogP contribution in [-0.2, 0) is 19.2 Å². The molecule has 0 radical (unpaired) electrons. The molecule has 184 valence electrons. The smallest absolute Gasteiger partial charge is 0.352 e. The molecule has 12 heteroatoms. The summed E-state index contributed by atoms with van der Waals surface area (Å²) < 4.78 is 0. The average Bonchev–Trinajstić information content (AvgIpc) is 3.61. The van der Waals surface area contributed by atoms with E-state index in [1.807, 2.05) is 4.90 Å². The molecule has 2 N–H and O–H groups in total. The van der Waals surface area contributed by atoms with Crippen LogP contribution in [0.15, 0.2) is 46.5 Å². The molecule has 3 unspecified atom stereocenters. The van der Waals surface area contributed by atoms with E-state index >= 15 is 0 Å². The van der Waals surface area contributed by atoms with E-state index in [1.165, 1.54) is 28.4 Å². The highest BCUT2D eigenvalue weighted by Crippen LogP contribution is 2.41. The first kappa shape index (κ1) is 23.9.